The molecule has 1 fully saturated rings. The molecule has 0 spiro atoms. The number of rotatable bonds is 15. The standard InChI is InChI=1S/C33H38FN4O7PS/c1-22(2)38(23(3)4)46(42,43-19-11-17-35)44-21-28-30(45-32(40)25-14-9-6-10-15-25)29(34)31(47-28)37-18-16-26(36-33(37)41)20-27(39)24-12-7-5-8-13-24/h5-10,12-16,18,22-23,28-31H,11,19-21H2,1-4H3/t28-,29+,30-,31-,46?/m1/s1. The van der Waals surface area contributed by atoms with E-state index in [1.165, 1.54) is 24.4 Å². The van der Waals surface area contributed by atoms with Crippen LogP contribution in [0.15, 0.2) is 77.7 Å². The van der Waals surface area contributed by atoms with Crippen molar-refractivity contribution in [2.24, 2.45) is 0 Å². The number of nitrogens with zero attached hydrogens (tertiary/aromatic N) is 4. The van der Waals surface area contributed by atoms with E-state index in [1.807, 2.05) is 33.8 Å². The number of Topliss-reactive ketones (excluding diaryl/α,β-unsaturated/α-hetero) is 1. The number of esters is 1. The average molecular weight is 685 g/mol. The van der Waals surface area contributed by atoms with Gasteiger partial charge in [-0.15, -0.1) is 11.8 Å². The molecule has 2 heterocycles. The fourth-order valence-electron chi connectivity index (χ4n) is 5.30. The molecule has 0 radical (unpaired) electrons. The van der Waals surface area contributed by atoms with Crippen molar-refractivity contribution in [2.75, 3.05) is 13.2 Å². The Morgan fingerprint density at radius 1 is 1.02 bits per heavy atom. The lowest BCUT2D eigenvalue weighted by Crippen LogP contribution is -2.39. The van der Waals surface area contributed by atoms with Crippen molar-refractivity contribution in [1.29, 1.82) is 5.26 Å². The minimum Gasteiger partial charge on any atom is -0.454 e. The Kier molecular flexibility index (Phi) is 12.7. The normalized spacial score (nSPS) is 20.7. The fraction of sp³-hybridized carbons (Fsp3) is 0.424. The number of nitriles is 1. The molecule has 1 aromatic heterocycles. The van der Waals surface area contributed by atoms with Crippen LogP contribution >= 0.6 is 19.5 Å². The highest BCUT2D eigenvalue weighted by Gasteiger charge is 2.50. The molecular formula is C33H38FN4O7PS. The summed E-state index contributed by atoms with van der Waals surface area (Å²) in [5, 5.41) is 6.93. The Balaban J connectivity index is 1.60. The Hall–Kier alpha value is -3.66. The van der Waals surface area contributed by atoms with E-state index in [1.54, 1.807) is 53.2 Å². The van der Waals surface area contributed by atoms with Crippen LogP contribution in [0.4, 0.5) is 4.39 Å². The fourth-order valence-corrected chi connectivity index (χ4v) is 9.00. The highest BCUT2D eigenvalue weighted by Crippen LogP contribution is 2.56. The summed E-state index contributed by atoms with van der Waals surface area (Å²) in [7, 11) is -4.02. The van der Waals surface area contributed by atoms with Gasteiger partial charge >= 0.3 is 19.4 Å². The van der Waals surface area contributed by atoms with Gasteiger partial charge in [-0.1, -0.05) is 48.5 Å². The third-order valence-electron chi connectivity index (χ3n) is 7.33. The largest absolute Gasteiger partial charge is 0.454 e. The van der Waals surface area contributed by atoms with E-state index in [9.17, 15) is 18.9 Å². The Bertz CT molecular complexity index is 1660. The molecule has 47 heavy (non-hydrogen) atoms. The average Bonchev–Trinajstić information content (AvgIpc) is 3.34. The highest BCUT2D eigenvalue weighted by molar-refractivity contribution is 8.00. The highest BCUT2D eigenvalue weighted by atomic mass is 32.2. The quantitative estimate of drug-likeness (QED) is 0.0803. The summed E-state index contributed by atoms with van der Waals surface area (Å²) in [5.74, 6) is -0.999. The zero-order valence-electron chi connectivity index (χ0n) is 26.6. The number of aromatic nitrogens is 2. The molecule has 0 bridgehead atoms. The molecule has 5 atom stereocenters. The van der Waals surface area contributed by atoms with Gasteiger partial charge in [0.1, 0.15) is 5.37 Å². The molecule has 1 unspecified atom stereocenters. The number of carbonyl (C=O) groups excluding carboxylic acids is 2. The van der Waals surface area contributed by atoms with Crippen LogP contribution in [0.25, 0.3) is 0 Å². The zero-order valence-corrected chi connectivity index (χ0v) is 28.3. The van der Waals surface area contributed by atoms with Gasteiger partial charge in [-0.05, 0) is 45.9 Å². The summed E-state index contributed by atoms with van der Waals surface area (Å²) in [6.07, 6.45) is -2.06. The maximum atomic E-state index is 16.3. The number of benzene rings is 2. The summed E-state index contributed by atoms with van der Waals surface area (Å²) in [5.41, 5.74) is 0.121. The molecule has 0 N–H and O–H groups in total. The van der Waals surface area contributed by atoms with Crippen molar-refractivity contribution in [3.8, 4) is 6.07 Å². The molecular weight excluding hydrogens is 646 g/mol. The minimum atomic E-state index is -4.02. The molecule has 1 aliphatic rings. The number of carbonyl (C=O) groups is 2. The molecule has 0 amide bonds. The first-order valence-corrected chi connectivity index (χ1v) is 17.7. The van der Waals surface area contributed by atoms with E-state index in [0.29, 0.717) is 5.56 Å². The summed E-state index contributed by atoms with van der Waals surface area (Å²) in [4.78, 5) is 42.9. The van der Waals surface area contributed by atoms with Gasteiger partial charge in [0.2, 0.25) is 0 Å². The Labute approximate surface area is 277 Å². The third kappa shape index (κ3) is 9.03. The Morgan fingerprint density at radius 2 is 1.64 bits per heavy atom. The van der Waals surface area contributed by atoms with Crippen molar-refractivity contribution in [2.45, 2.75) is 75.5 Å². The first-order chi connectivity index (χ1) is 22.4. The topological polar surface area (TPSA) is 141 Å². The maximum absolute atomic E-state index is 16.3. The lowest BCUT2D eigenvalue weighted by atomic mass is 10.1. The molecule has 1 aliphatic heterocycles. The molecule has 14 heteroatoms. The smallest absolute Gasteiger partial charge is 0.408 e. The van der Waals surface area contributed by atoms with E-state index in [2.05, 4.69) is 4.98 Å². The van der Waals surface area contributed by atoms with Crippen LogP contribution in [-0.4, -0.2) is 68.8 Å². The summed E-state index contributed by atoms with van der Waals surface area (Å²) in [6, 6.07) is 19.6. The number of ether oxygens (including phenoxy) is 1. The SMILES string of the molecule is CC(C)N(C(C)C)P(=O)(OCCC#N)OC[C@H]1S[C@@H](n2ccc(CC(=O)c3ccccc3)nc2=O)[C@@H](F)[C@@H]1OC(=O)c1ccccc1. The van der Waals surface area contributed by atoms with Crippen LogP contribution < -0.4 is 5.69 Å². The second kappa shape index (κ2) is 16.4. The lowest BCUT2D eigenvalue weighted by Gasteiger charge is -2.36. The third-order valence-corrected chi connectivity index (χ3v) is 11.3. The zero-order chi connectivity index (χ0) is 34.1. The van der Waals surface area contributed by atoms with Crippen molar-refractivity contribution >= 4 is 31.3 Å². The monoisotopic (exact) mass is 684 g/mol. The van der Waals surface area contributed by atoms with Crippen molar-refractivity contribution in [3.05, 3.63) is 100 Å². The molecule has 0 saturated carbocycles. The number of hydrogen-bond donors (Lipinski definition) is 0. The minimum absolute atomic E-state index is 0.0235. The van der Waals surface area contributed by atoms with Gasteiger partial charge in [0.25, 0.3) is 0 Å². The van der Waals surface area contributed by atoms with Gasteiger partial charge in [-0.2, -0.15) is 10.2 Å². The predicted octanol–water partition coefficient (Wildman–Crippen LogP) is 6.02. The van der Waals surface area contributed by atoms with E-state index in [-0.39, 0.29) is 55.2 Å². The second-order valence-corrected chi connectivity index (χ2v) is 14.7. The molecule has 2 aromatic carbocycles. The number of alkyl halides is 1. The van der Waals surface area contributed by atoms with Crippen LogP contribution in [0, 0.1) is 11.3 Å². The maximum Gasteiger partial charge on any atom is 0.408 e. The first-order valence-electron chi connectivity index (χ1n) is 15.2. The van der Waals surface area contributed by atoms with Crippen molar-refractivity contribution < 1.29 is 32.3 Å². The van der Waals surface area contributed by atoms with Crippen molar-refractivity contribution in [1.82, 2.24) is 14.2 Å². The van der Waals surface area contributed by atoms with E-state index < -0.39 is 42.3 Å². The van der Waals surface area contributed by atoms with Crippen molar-refractivity contribution in [3.63, 3.8) is 0 Å². The molecule has 0 aliphatic carbocycles. The van der Waals surface area contributed by atoms with Crippen LogP contribution in [0.3, 0.4) is 0 Å². The first kappa shape index (κ1) is 36.2. The lowest BCUT2D eigenvalue weighted by molar-refractivity contribution is 0.00162. The number of halogens is 1. The molecule has 11 nitrogen and oxygen atoms in total. The summed E-state index contributed by atoms with van der Waals surface area (Å²) in [6.45, 7) is 6.78. The van der Waals surface area contributed by atoms with E-state index in [0.717, 1.165) is 16.3 Å². The van der Waals surface area contributed by atoms with E-state index >= 15 is 4.39 Å². The van der Waals surface area contributed by atoms with Gasteiger partial charge in [-0.25, -0.2) is 23.2 Å². The van der Waals surface area contributed by atoms with E-state index in [4.69, 9.17) is 19.0 Å². The van der Waals surface area contributed by atoms with Crippen LogP contribution in [0.2, 0.25) is 0 Å². The van der Waals surface area contributed by atoms with Gasteiger partial charge < -0.3 is 4.74 Å². The Morgan fingerprint density at radius 3 is 2.21 bits per heavy atom. The molecule has 1 saturated heterocycles. The number of ketones is 1. The number of hydrogen-bond acceptors (Lipinski definition) is 10. The van der Waals surface area contributed by atoms with Crippen LogP contribution in [0.1, 0.15) is 65.9 Å². The second-order valence-electron chi connectivity index (χ2n) is 11.4. The molecule has 3 aromatic rings. The van der Waals surface area contributed by atoms with Crippen LogP contribution in [-0.2, 0) is 24.8 Å². The van der Waals surface area contributed by atoms with Gasteiger partial charge in [-0.3, -0.25) is 18.4 Å². The summed E-state index contributed by atoms with van der Waals surface area (Å²) >= 11 is 0.977. The number of thioether (sulfide) groups is 1. The van der Waals surface area contributed by atoms with Crippen LogP contribution in [0.5, 0.6) is 0 Å². The molecule has 4 rings (SSSR count). The van der Waals surface area contributed by atoms with Gasteiger partial charge in [0.15, 0.2) is 18.1 Å². The predicted molar refractivity (Wildman–Crippen MR) is 176 cm³/mol. The summed E-state index contributed by atoms with van der Waals surface area (Å²) < 4.78 is 50.4. The van der Waals surface area contributed by atoms with Gasteiger partial charge in [0, 0.05) is 23.8 Å². The van der Waals surface area contributed by atoms with Gasteiger partial charge in [0.05, 0.1) is 48.6 Å². The molecule has 250 valence electrons.